The smallest absolute Gasteiger partial charge is 0.224 e. The van der Waals surface area contributed by atoms with Gasteiger partial charge in [0, 0.05) is 6.04 Å². The lowest BCUT2D eigenvalue weighted by Crippen LogP contribution is -2.33. The molecule has 0 aliphatic heterocycles. The Labute approximate surface area is 106 Å². The zero-order chi connectivity index (χ0) is 12.4. The summed E-state index contributed by atoms with van der Waals surface area (Å²) < 4.78 is 13.5. The number of halogens is 2. The second-order valence-electron chi connectivity index (χ2n) is 4.98. The van der Waals surface area contributed by atoms with Gasteiger partial charge in [0.15, 0.2) is 11.6 Å². The highest BCUT2D eigenvalue weighted by Crippen LogP contribution is 2.30. The van der Waals surface area contributed by atoms with Crippen molar-refractivity contribution in [2.24, 2.45) is 11.8 Å². The molecule has 0 saturated heterocycles. The van der Waals surface area contributed by atoms with Gasteiger partial charge in [0.05, 0.1) is 6.20 Å². The molecule has 1 saturated carbocycles. The Morgan fingerprint density at radius 1 is 1.41 bits per heavy atom. The predicted molar refractivity (Wildman–Crippen MR) is 66.6 cm³/mol. The average Bonchev–Trinajstić information content (AvgIpc) is 2.27. The van der Waals surface area contributed by atoms with Crippen molar-refractivity contribution >= 4 is 17.4 Å². The molecule has 3 atom stereocenters. The van der Waals surface area contributed by atoms with Gasteiger partial charge < -0.3 is 5.32 Å². The molecule has 3 nitrogen and oxygen atoms in total. The maximum absolute atomic E-state index is 13.5. The summed E-state index contributed by atoms with van der Waals surface area (Å²) >= 11 is 5.67. The number of anilines is 1. The summed E-state index contributed by atoms with van der Waals surface area (Å²) in [6, 6.07) is 0.270. The van der Waals surface area contributed by atoms with E-state index in [1.807, 2.05) is 0 Å². The topological polar surface area (TPSA) is 37.8 Å². The first-order valence-electron chi connectivity index (χ1n) is 6.01. The van der Waals surface area contributed by atoms with Gasteiger partial charge in [-0.2, -0.15) is 4.98 Å². The molecule has 94 valence electrons. The Morgan fingerprint density at radius 2 is 2.18 bits per heavy atom. The Hall–Kier alpha value is -0.900. The Kier molecular flexibility index (Phi) is 3.82. The fraction of sp³-hybridized carbons (Fsp3) is 0.667. The molecular formula is C12H17ClFN3. The van der Waals surface area contributed by atoms with E-state index in [1.165, 1.54) is 6.42 Å². The Balaban J connectivity index is 2.07. The molecule has 2 rings (SSSR count). The number of hydrogen-bond acceptors (Lipinski definition) is 3. The van der Waals surface area contributed by atoms with Crippen LogP contribution in [0, 0.1) is 17.7 Å². The SMILES string of the molecule is CC1CCC(Nc2nc(Cl)ncc2F)C(C)C1. The van der Waals surface area contributed by atoms with Gasteiger partial charge in [-0.3, -0.25) is 0 Å². The van der Waals surface area contributed by atoms with Crippen molar-refractivity contribution in [3.05, 3.63) is 17.3 Å². The van der Waals surface area contributed by atoms with Crippen molar-refractivity contribution in [1.82, 2.24) is 9.97 Å². The molecule has 1 fully saturated rings. The highest BCUT2D eigenvalue weighted by Gasteiger charge is 2.26. The molecule has 17 heavy (non-hydrogen) atoms. The molecule has 0 aromatic carbocycles. The number of rotatable bonds is 2. The third-order valence-corrected chi connectivity index (χ3v) is 3.65. The minimum Gasteiger partial charge on any atom is -0.364 e. The predicted octanol–water partition coefficient (Wildman–Crippen LogP) is 3.51. The number of nitrogens with zero attached hydrogens (tertiary/aromatic N) is 2. The zero-order valence-corrected chi connectivity index (χ0v) is 10.8. The lowest BCUT2D eigenvalue weighted by Gasteiger charge is -2.33. The van der Waals surface area contributed by atoms with Crippen LogP contribution in [0.3, 0.4) is 0 Å². The third kappa shape index (κ3) is 3.06. The molecule has 1 aromatic heterocycles. The second kappa shape index (κ2) is 5.17. The van der Waals surface area contributed by atoms with Crippen LogP contribution in [0.4, 0.5) is 10.2 Å². The highest BCUT2D eigenvalue weighted by atomic mass is 35.5. The standard InChI is InChI=1S/C12H17ClFN3/c1-7-3-4-10(8(2)5-7)16-11-9(14)6-15-12(13)17-11/h6-8,10H,3-5H2,1-2H3,(H,15,16,17). The largest absolute Gasteiger partial charge is 0.364 e. The van der Waals surface area contributed by atoms with Crippen molar-refractivity contribution in [2.45, 2.75) is 39.2 Å². The second-order valence-corrected chi connectivity index (χ2v) is 5.32. The fourth-order valence-corrected chi connectivity index (χ4v) is 2.64. The molecule has 0 amide bonds. The molecular weight excluding hydrogens is 241 g/mol. The molecule has 1 aliphatic rings. The molecule has 1 N–H and O–H groups in total. The normalized spacial score (nSPS) is 29.1. The van der Waals surface area contributed by atoms with E-state index in [9.17, 15) is 4.39 Å². The van der Waals surface area contributed by atoms with Crippen LogP contribution in [-0.4, -0.2) is 16.0 Å². The number of nitrogens with one attached hydrogen (secondary N) is 1. The third-order valence-electron chi connectivity index (χ3n) is 3.47. The zero-order valence-electron chi connectivity index (χ0n) is 10.1. The van der Waals surface area contributed by atoms with E-state index in [0.717, 1.165) is 25.0 Å². The van der Waals surface area contributed by atoms with E-state index in [4.69, 9.17) is 11.6 Å². The molecule has 1 heterocycles. The summed E-state index contributed by atoms with van der Waals surface area (Å²) in [6.45, 7) is 4.45. The van der Waals surface area contributed by atoms with Gasteiger partial charge >= 0.3 is 0 Å². The maximum atomic E-state index is 13.5. The summed E-state index contributed by atoms with van der Waals surface area (Å²) in [5, 5.41) is 3.22. The monoisotopic (exact) mass is 257 g/mol. The van der Waals surface area contributed by atoms with Crippen LogP contribution in [0.5, 0.6) is 0 Å². The molecule has 3 unspecified atom stereocenters. The number of aromatic nitrogens is 2. The quantitative estimate of drug-likeness (QED) is 0.824. The molecule has 0 bridgehead atoms. The van der Waals surface area contributed by atoms with E-state index in [0.29, 0.717) is 5.92 Å². The van der Waals surface area contributed by atoms with Crippen molar-refractivity contribution in [3.8, 4) is 0 Å². The Morgan fingerprint density at radius 3 is 2.88 bits per heavy atom. The van der Waals surface area contributed by atoms with Crippen LogP contribution in [0.25, 0.3) is 0 Å². The van der Waals surface area contributed by atoms with Gasteiger partial charge in [0.1, 0.15) is 0 Å². The van der Waals surface area contributed by atoms with E-state index in [1.54, 1.807) is 0 Å². The minimum atomic E-state index is -0.444. The van der Waals surface area contributed by atoms with Gasteiger partial charge in [-0.25, -0.2) is 9.37 Å². The molecule has 0 spiro atoms. The summed E-state index contributed by atoms with van der Waals surface area (Å²) in [5.74, 6) is 1.05. The average molecular weight is 258 g/mol. The lowest BCUT2D eigenvalue weighted by atomic mass is 9.80. The minimum absolute atomic E-state index is 0.0748. The molecule has 5 heteroatoms. The van der Waals surface area contributed by atoms with Crippen LogP contribution in [0.2, 0.25) is 5.28 Å². The summed E-state index contributed by atoms with van der Waals surface area (Å²) in [4.78, 5) is 7.49. The highest BCUT2D eigenvalue weighted by molar-refractivity contribution is 6.28. The van der Waals surface area contributed by atoms with Crippen LogP contribution in [-0.2, 0) is 0 Å². The van der Waals surface area contributed by atoms with Crippen LogP contribution >= 0.6 is 11.6 Å². The lowest BCUT2D eigenvalue weighted by molar-refractivity contribution is 0.275. The summed E-state index contributed by atoms with van der Waals surface area (Å²) in [7, 11) is 0. The van der Waals surface area contributed by atoms with Crippen molar-refractivity contribution in [3.63, 3.8) is 0 Å². The van der Waals surface area contributed by atoms with Crippen LogP contribution < -0.4 is 5.32 Å². The molecule has 0 radical (unpaired) electrons. The Bertz CT molecular complexity index is 399. The van der Waals surface area contributed by atoms with Crippen LogP contribution in [0.1, 0.15) is 33.1 Å². The number of hydrogen-bond donors (Lipinski definition) is 1. The maximum Gasteiger partial charge on any atom is 0.224 e. The van der Waals surface area contributed by atoms with E-state index >= 15 is 0 Å². The van der Waals surface area contributed by atoms with Gasteiger partial charge in [-0.15, -0.1) is 0 Å². The first-order chi connectivity index (χ1) is 8.06. The van der Waals surface area contributed by atoms with E-state index in [-0.39, 0.29) is 17.1 Å². The first kappa shape index (κ1) is 12.6. The summed E-state index contributed by atoms with van der Waals surface area (Å²) in [6.07, 6.45) is 4.48. The van der Waals surface area contributed by atoms with Gasteiger partial charge in [-0.1, -0.05) is 13.8 Å². The van der Waals surface area contributed by atoms with Gasteiger partial charge in [0.2, 0.25) is 5.28 Å². The fourth-order valence-electron chi connectivity index (χ4n) is 2.50. The summed E-state index contributed by atoms with van der Waals surface area (Å²) in [5.41, 5.74) is 0. The van der Waals surface area contributed by atoms with Gasteiger partial charge in [-0.05, 0) is 42.7 Å². The van der Waals surface area contributed by atoms with E-state index < -0.39 is 5.82 Å². The van der Waals surface area contributed by atoms with Crippen LogP contribution in [0.15, 0.2) is 6.20 Å². The van der Waals surface area contributed by atoms with Crippen molar-refractivity contribution in [1.29, 1.82) is 0 Å². The molecule has 1 aromatic rings. The van der Waals surface area contributed by atoms with Crippen molar-refractivity contribution in [2.75, 3.05) is 5.32 Å². The molecule has 1 aliphatic carbocycles. The first-order valence-corrected chi connectivity index (χ1v) is 6.38. The van der Waals surface area contributed by atoms with Crippen molar-refractivity contribution < 1.29 is 4.39 Å². The van der Waals surface area contributed by atoms with E-state index in [2.05, 4.69) is 29.1 Å². The van der Waals surface area contributed by atoms with Gasteiger partial charge in [0.25, 0.3) is 0 Å².